The lowest BCUT2D eigenvalue weighted by molar-refractivity contribution is -0.136. The first-order chi connectivity index (χ1) is 27.8. The van der Waals surface area contributed by atoms with Crippen LogP contribution in [0.25, 0.3) is 22.3 Å². The van der Waals surface area contributed by atoms with Crippen LogP contribution < -0.4 is 15.8 Å². The molecule has 0 radical (unpaired) electrons. The maximum Gasteiger partial charge on any atom is 0.263 e. The molecule has 2 atom stereocenters. The normalized spacial score (nSPS) is 18.2. The Labute approximate surface area is 333 Å². The largest absolute Gasteiger partial charge is 0.457 e. The number of hydrogen-bond donors (Lipinski definition) is 2. The molecule has 2 aromatic heterocycles. The molecule has 2 saturated heterocycles. The Morgan fingerprint density at radius 3 is 2.47 bits per heavy atom. The van der Waals surface area contributed by atoms with Gasteiger partial charge in [-0.15, -0.1) is 11.8 Å². The third-order valence-corrected chi connectivity index (χ3v) is 11.8. The van der Waals surface area contributed by atoms with Crippen molar-refractivity contribution >= 4 is 58.1 Å². The van der Waals surface area contributed by atoms with Crippen LogP contribution in [0.5, 0.6) is 11.5 Å². The molecule has 5 aromatic rings. The minimum absolute atomic E-state index is 0.0660. The molecule has 3 N–H and O–H groups in total. The van der Waals surface area contributed by atoms with Crippen molar-refractivity contribution in [2.24, 2.45) is 0 Å². The molecule has 3 aliphatic rings. The van der Waals surface area contributed by atoms with Crippen molar-refractivity contribution in [1.82, 2.24) is 34.9 Å². The summed E-state index contributed by atoms with van der Waals surface area (Å²) < 4.78 is 7.89. The maximum atomic E-state index is 13.4. The first-order valence-corrected chi connectivity index (χ1v) is 20.3. The van der Waals surface area contributed by atoms with Crippen LogP contribution >= 0.6 is 11.8 Å². The van der Waals surface area contributed by atoms with Gasteiger partial charge in [0.15, 0.2) is 5.65 Å². The van der Waals surface area contributed by atoms with E-state index in [0.29, 0.717) is 58.3 Å². The van der Waals surface area contributed by atoms with E-state index in [1.54, 1.807) is 12.1 Å². The van der Waals surface area contributed by atoms with Crippen molar-refractivity contribution in [3.8, 4) is 22.8 Å². The summed E-state index contributed by atoms with van der Waals surface area (Å²) in [5.41, 5.74) is 9.18. The fraction of sp³-hybridized carbons (Fsp3) is 0.333. The van der Waals surface area contributed by atoms with E-state index in [0.717, 1.165) is 60.5 Å². The molecule has 14 nitrogen and oxygen atoms in total. The lowest BCUT2D eigenvalue weighted by Gasteiger charge is -2.33. The Hall–Kier alpha value is -6.09. The van der Waals surface area contributed by atoms with Crippen molar-refractivity contribution in [1.29, 1.82) is 0 Å². The number of nitrogen functional groups attached to an aromatic ring is 1. The van der Waals surface area contributed by atoms with Crippen molar-refractivity contribution in [3.05, 3.63) is 90.3 Å². The second-order valence-corrected chi connectivity index (χ2v) is 15.6. The van der Waals surface area contributed by atoms with E-state index >= 15 is 0 Å². The molecular weight excluding hydrogens is 745 g/mol. The standard InChI is InChI=1S/C42H42N8O6S/c43-38-36-37(26-16-18-29(19-17-26)56-28-11-4-3-5-12-28)47-50(39(36)45-25-44-38)27-10-9-22-48(24-27)34(52)15-6-1-2-7-23-57-32-14-8-13-30-35(32)42(55)49(41(30)54)31-20-21-33(51)46-40(31)53/h3-5,8,11-14,16-19,25,27,31H,1-2,6-7,9-10,15,20-24H2,(H2,43,44,45)(H,46,51,53). The summed E-state index contributed by atoms with van der Waals surface area (Å²) in [5.74, 6) is 0.627. The van der Waals surface area contributed by atoms with Gasteiger partial charge in [0.1, 0.15) is 35.4 Å². The van der Waals surface area contributed by atoms with Crippen molar-refractivity contribution in [2.45, 2.75) is 74.8 Å². The number of nitrogens with two attached hydrogens (primary N) is 1. The monoisotopic (exact) mass is 786 g/mol. The number of likely N-dealkylation sites (tertiary alicyclic amines) is 1. The van der Waals surface area contributed by atoms with Crippen LogP contribution in [0, 0.1) is 0 Å². The quantitative estimate of drug-likeness (QED) is 0.0791. The van der Waals surface area contributed by atoms with Gasteiger partial charge >= 0.3 is 0 Å². The molecule has 15 heteroatoms. The maximum absolute atomic E-state index is 13.4. The molecule has 0 spiro atoms. The number of benzene rings is 3. The Bertz CT molecular complexity index is 2350. The number of anilines is 1. The van der Waals surface area contributed by atoms with Crippen LogP contribution in [-0.2, 0) is 14.4 Å². The molecule has 2 fully saturated rings. The molecule has 0 bridgehead atoms. The van der Waals surface area contributed by atoms with Crippen molar-refractivity contribution in [2.75, 3.05) is 24.6 Å². The minimum Gasteiger partial charge on any atom is -0.457 e. The predicted octanol–water partition coefficient (Wildman–Crippen LogP) is 6.18. The van der Waals surface area contributed by atoms with Gasteiger partial charge in [0.05, 0.1) is 22.6 Å². The van der Waals surface area contributed by atoms with Crippen LogP contribution in [0.1, 0.15) is 84.5 Å². The molecule has 57 heavy (non-hydrogen) atoms. The average Bonchev–Trinajstić information content (AvgIpc) is 3.74. The molecule has 3 aromatic carbocycles. The average molecular weight is 787 g/mol. The van der Waals surface area contributed by atoms with Crippen LogP contribution in [0.15, 0.2) is 84.0 Å². The molecule has 3 aliphatic heterocycles. The van der Waals surface area contributed by atoms with E-state index in [1.807, 2.05) is 70.2 Å². The molecule has 2 unspecified atom stereocenters. The molecule has 5 amide bonds. The SMILES string of the molecule is Nc1ncnc2c1c(-c1ccc(Oc3ccccc3)cc1)nn2C1CCCN(C(=O)CCCCCCSc2cccc3c2C(=O)N(C2CCC(=O)NC2=O)C3=O)C1. The van der Waals surface area contributed by atoms with Crippen molar-refractivity contribution in [3.63, 3.8) is 0 Å². The van der Waals surface area contributed by atoms with Gasteiger partial charge < -0.3 is 15.4 Å². The zero-order valence-electron chi connectivity index (χ0n) is 31.3. The summed E-state index contributed by atoms with van der Waals surface area (Å²) >= 11 is 1.51. The second-order valence-electron chi connectivity index (χ2n) is 14.5. The topological polar surface area (TPSA) is 183 Å². The van der Waals surface area contributed by atoms with E-state index in [2.05, 4.69) is 15.3 Å². The number of imide groups is 2. The molecule has 5 heterocycles. The fourth-order valence-electron chi connectivity index (χ4n) is 7.81. The lowest BCUT2D eigenvalue weighted by Crippen LogP contribution is -2.54. The predicted molar refractivity (Wildman–Crippen MR) is 213 cm³/mol. The Morgan fingerprint density at radius 1 is 0.877 bits per heavy atom. The Morgan fingerprint density at radius 2 is 1.67 bits per heavy atom. The fourth-order valence-corrected chi connectivity index (χ4v) is 8.90. The number of thioether (sulfide) groups is 1. The number of fused-ring (bicyclic) bond motifs is 2. The summed E-state index contributed by atoms with van der Waals surface area (Å²) in [6, 6.07) is 21.4. The van der Waals surface area contributed by atoms with E-state index in [-0.39, 0.29) is 30.4 Å². The first-order valence-electron chi connectivity index (χ1n) is 19.3. The third kappa shape index (κ3) is 7.84. The zero-order chi connectivity index (χ0) is 39.5. The first kappa shape index (κ1) is 37.8. The summed E-state index contributed by atoms with van der Waals surface area (Å²) in [5, 5.41) is 7.94. The van der Waals surface area contributed by atoms with Gasteiger partial charge in [-0.3, -0.25) is 34.2 Å². The van der Waals surface area contributed by atoms with Crippen LogP contribution in [-0.4, -0.2) is 84.0 Å². The molecule has 0 aliphatic carbocycles. The Kier molecular flexibility index (Phi) is 11.0. The molecule has 0 saturated carbocycles. The highest BCUT2D eigenvalue weighted by atomic mass is 32.2. The highest BCUT2D eigenvalue weighted by Gasteiger charge is 2.45. The lowest BCUT2D eigenvalue weighted by atomic mass is 10.0. The summed E-state index contributed by atoms with van der Waals surface area (Å²) in [4.78, 5) is 76.5. The number of nitrogens with one attached hydrogen (secondary N) is 1. The zero-order valence-corrected chi connectivity index (χ0v) is 32.1. The second kappa shape index (κ2) is 16.6. The van der Waals surface area contributed by atoms with Crippen LogP contribution in [0.4, 0.5) is 5.82 Å². The smallest absolute Gasteiger partial charge is 0.263 e. The highest BCUT2D eigenvalue weighted by molar-refractivity contribution is 7.99. The third-order valence-electron chi connectivity index (χ3n) is 10.7. The molecule has 8 rings (SSSR count). The summed E-state index contributed by atoms with van der Waals surface area (Å²) in [6.07, 6.45) is 7.23. The number of carbonyl (C=O) groups is 5. The summed E-state index contributed by atoms with van der Waals surface area (Å²) in [6.45, 7) is 1.23. The number of rotatable bonds is 13. The van der Waals surface area contributed by atoms with E-state index < -0.39 is 29.7 Å². The van der Waals surface area contributed by atoms with E-state index in [1.165, 1.54) is 18.1 Å². The minimum atomic E-state index is -0.991. The number of carbonyl (C=O) groups excluding carboxylic acids is 5. The highest BCUT2D eigenvalue weighted by Crippen LogP contribution is 2.37. The Balaban J connectivity index is 0.830. The van der Waals surface area contributed by atoms with Gasteiger partial charge in [-0.25, -0.2) is 14.6 Å². The molecule has 292 valence electrons. The number of piperidine rings is 2. The van der Waals surface area contributed by atoms with Gasteiger partial charge in [-0.1, -0.05) is 37.1 Å². The number of aromatic nitrogens is 4. The van der Waals surface area contributed by atoms with E-state index in [9.17, 15) is 24.0 Å². The number of amides is 5. The van der Waals surface area contributed by atoms with Gasteiger partial charge in [0.25, 0.3) is 11.8 Å². The van der Waals surface area contributed by atoms with Crippen LogP contribution in [0.3, 0.4) is 0 Å². The van der Waals surface area contributed by atoms with E-state index in [4.69, 9.17) is 15.6 Å². The van der Waals surface area contributed by atoms with Gasteiger partial charge in [0.2, 0.25) is 17.7 Å². The number of hydrogen-bond acceptors (Lipinski definition) is 11. The number of unbranched alkanes of at least 4 members (excludes halogenated alkanes) is 3. The summed E-state index contributed by atoms with van der Waals surface area (Å²) in [7, 11) is 0. The van der Waals surface area contributed by atoms with Crippen LogP contribution in [0.2, 0.25) is 0 Å². The number of para-hydroxylation sites is 1. The van der Waals surface area contributed by atoms with Gasteiger partial charge in [-0.2, -0.15) is 5.10 Å². The van der Waals surface area contributed by atoms with Crippen molar-refractivity contribution < 1.29 is 28.7 Å². The van der Waals surface area contributed by atoms with Gasteiger partial charge in [0, 0.05) is 36.4 Å². The molecular formula is C42H42N8O6S. The van der Waals surface area contributed by atoms with Gasteiger partial charge in [-0.05, 0) is 86.4 Å². The number of ether oxygens (including phenoxy) is 1. The number of nitrogens with zero attached hydrogens (tertiary/aromatic N) is 6.